The van der Waals surface area contributed by atoms with E-state index in [9.17, 15) is 4.79 Å². The van der Waals surface area contributed by atoms with Crippen molar-refractivity contribution in [3.05, 3.63) is 24.0 Å². The lowest BCUT2D eigenvalue weighted by Crippen LogP contribution is -2.43. The van der Waals surface area contributed by atoms with Crippen LogP contribution in [-0.2, 0) is 4.74 Å². The number of nitrogens with one attached hydrogen (secondary N) is 1. The zero-order chi connectivity index (χ0) is 18.5. The molecule has 4 rings (SSSR count). The van der Waals surface area contributed by atoms with E-state index >= 15 is 0 Å². The molecule has 136 valence electrons. The van der Waals surface area contributed by atoms with Gasteiger partial charge < -0.3 is 9.72 Å². The van der Waals surface area contributed by atoms with E-state index in [1.165, 1.54) is 19.3 Å². The molecule has 2 fully saturated rings. The number of carbonyl (C=O) groups excluding carboxylic acids is 1. The minimum atomic E-state index is -0.503. The molecule has 1 aromatic carbocycles. The van der Waals surface area contributed by atoms with Gasteiger partial charge in [0.2, 0.25) is 0 Å². The largest absolute Gasteiger partial charge is 0.444 e. The second-order valence-electron chi connectivity index (χ2n) is 8.65. The van der Waals surface area contributed by atoms with Gasteiger partial charge in [0, 0.05) is 6.04 Å². The van der Waals surface area contributed by atoms with Gasteiger partial charge in [-0.3, -0.25) is 4.90 Å². The van der Waals surface area contributed by atoms with Crippen LogP contribution in [-0.4, -0.2) is 40.5 Å². The van der Waals surface area contributed by atoms with Gasteiger partial charge in [0.25, 0.3) is 0 Å². The second-order valence-corrected chi connectivity index (χ2v) is 8.65. The maximum absolute atomic E-state index is 13.0. The topological polar surface area (TPSA) is 58.2 Å². The highest BCUT2D eigenvalue weighted by Gasteiger charge is 2.47. The standard InChI is InChI=1S/C20H26BN3O2/c1-20(2,3)26-19(25)24-16-7-5-4-6-12(16)10-17(24)18-22-14-9-8-13(21)11-15(14)23-18/h8-9,11-12,16-17H,4-7,10H2,1-3H3,(H,22,23)/t12-,16-,17-/m0/s1. The van der Waals surface area contributed by atoms with Gasteiger partial charge in [-0.1, -0.05) is 24.4 Å². The van der Waals surface area contributed by atoms with Gasteiger partial charge in [0.15, 0.2) is 0 Å². The predicted molar refractivity (Wildman–Crippen MR) is 103 cm³/mol. The number of aromatic amines is 1. The predicted octanol–water partition coefficient (Wildman–Crippen LogP) is 3.60. The Morgan fingerprint density at radius 3 is 2.85 bits per heavy atom. The number of hydrogen-bond acceptors (Lipinski definition) is 3. The summed E-state index contributed by atoms with van der Waals surface area (Å²) in [6, 6.07) is 5.86. The molecule has 2 aliphatic rings. The van der Waals surface area contributed by atoms with Crippen molar-refractivity contribution in [1.29, 1.82) is 0 Å². The molecule has 0 unspecified atom stereocenters. The SMILES string of the molecule is [B]c1ccc2nc([C@@H]3C[C@@H]4CCCC[C@@H]4N3C(=O)OC(C)(C)C)[nH]c2c1. The van der Waals surface area contributed by atoms with E-state index in [1.54, 1.807) is 0 Å². The first-order valence-electron chi connectivity index (χ1n) is 9.58. The number of hydrogen-bond donors (Lipinski definition) is 1. The van der Waals surface area contributed by atoms with Crippen LogP contribution < -0.4 is 5.46 Å². The monoisotopic (exact) mass is 351 g/mol. The highest BCUT2D eigenvalue weighted by atomic mass is 16.6. The molecule has 0 bridgehead atoms. The third-order valence-electron chi connectivity index (χ3n) is 5.53. The van der Waals surface area contributed by atoms with Crippen molar-refractivity contribution in [1.82, 2.24) is 14.9 Å². The van der Waals surface area contributed by atoms with Gasteiger partial charge in [-0.2, -0.15) is 0 Å². The number of ether oxygens (including phenoxy) is 1. The summed E-state index contributed by atoms with van der Waals surface area (Å²) in [5.41, 5.74) is 2.00. The second kappa shape index (κ2) is 6.32. The number of aromatic nitrogens is 2. The van der Waals surface area contributed by atoms with Gasteiger partial charge in [0.05, 0.1) is 17.1 Å². The summed E-state index contributed by atoms with van der Waals surface area (Å²) < 4.78 is 5.74. The summed E-state index contributed by atoms with van der Waals surface area (Å²) in [4.78, 5) is 23.1. The molecule has 1 aromatic heterocycles. The zero-order valence-electron chi connectivity index (χ0n) is 15.8. The number of rotatable bonds is 1. The third kappa shape index (κ3) is 3.22. The number of benzene rings is 1. The minimum absolute atomic E-state index is 0.0634. The van der Waals surface area contributed by atoms with E-state index in [4.69, 9.17) is 17.6 Å². The first-order valence-corrected chi connectivity index (χ1v) is 9.58. The molecule has 1 aliphatic heterocycles. The van der Waals surface area contributed by atoms with E-state index in [-0.39, 0.29) is 18.2 Å². The number of carbonyl (C=O) groups is 1. The maximum atomic E-state index is 13.0. The summed E-state index contributed by atoms with van der Waals surface area (Å²) in [7, 11) is 5.89. The van der Waals surface area contributed by atoms with Gasteiger partial charge in [-0.25, -0.2) is 9.78 Å². The summed E-state index contributed by atoms with van der Waals surface area (Å²) in [5, 5.41) is 0. The van der Waals surface area contributed by atoms with E-state index in [0.29, 0.717) is 11.4 Å². The molecular weight excluding hydrogens is 325 g/mol. The van der Waals surface area contributed by atoms with Crippen molar-refractivity contribution < 1.29 is 9.53 Å². The number of likely N-dealkylation sites (tertiary alicyclic amines) is 1. The van der Waals surface area contributed by atoms with Crippen molar-refractivity contribution in [2.45, 2.75) is 70.6 Å². The first kappa shape index (κ1) is 17.4. The summed E-state index contributed by atoms with van der Waals surface area (Å²) >= 11 is 0. The lowest BCUT2D eigenvalue weighted by Gasteiger charge is -2.34. The van der Waals surface area contributed by atoms with Gasteiger partial charge >= 0.3 is 6.09 Å². The number of amides is 1. The van der Waals surface area contributed by atoms with Crippen molar-refractivity contribution in [3.8, 4) is 0 Å². The number of imidazole rings is 1. The Balaban J connectivity index is 1.70. The smallest absolute Gasteiger partial charge is 0.411 e. The van der Waals surface area contributed by atoms with Crippen LogP contribution in [0.2, 0.25) is 0 Å². The van der Waals surface area contributed by atoms with Crippen LogP contribution in [0.15, 0.2) is 18.2 Å². The van der Waals surface area contributed by atoms with E-state index < -0.39 is 5.60 Å². The molecule has 2 heterocycles. The average molecular weight is 351 g/mol. The Kier molecular flexibility index (Phi) is 4.24. The Bertz CT molecular complexity index is 826. The summed E-state index contributed by atoms with van der Waals surface area (Å²) in [6.07, 6.45) is 5.36. The van der Waals surface area contributed by atoms with Crippen molar-refractivity contribution in [3.63, 3.8) is 0 Å². The maximum Gasteiger partial charge on any atom is 0.411 e. The Hall–Kier alpha value is -1.98. The molecule has 1 aliphatic carbocycles. The number of H-pyrrole nitrogens is 1. The Labute approximate surface area is 155 Å². The normalized spacial score (nSPS) is 26.1. The lowest BCUT2D eigenvalue weighted by molar-refractivity contribution is 0.00953. The van der Waals surface area contributed by atoms with Crippen LogP contribution in [0.25, 0.3) is 11.0 Å². The van der Waals surface area contributed by atoms with Crippen LogP contribution in [0, 0.1) is 5.92 Å². The van der Waals surface area contributed by atoms with E-state index in [1.807, 2.05) is 43.9 Å². The average Bonchev–Trinajstić information content (AvgIpc) is 3.13. The quantitative estimate of drug-likeness (QED) is 0.799. The molecule has 5 nitrogen and oxygen atoms in total. The number of fused-ring (bicyclic) bond motifs is 2. The van der Waals surface area contributed by atoms with Crippen LogP contribution in [0.3, 0.4) is 0 Å². The van der Waals surface area contributed by atoms with Gasteiger partial charge in [0.1, 0.15) is 19.3 Å². The summed E-state index contributed by atoms with van der Waals surface area (Å²) in [6.45, 7) is 5.74. The molecule has 2 aromatic rings. The van der Waals surface area contributed by atoms with Crippen molar-refractivity contribution in [2.24, 2.45) is 5.92 Å². The number of nitrogens with zero attached hydrogens (tertiary/aromatic N) is 2. The molecule has 6 heteroatoms. The molecule has 26 heavy (non-hydrogen) atoms. The van der Waals surface area contributed by atoms with E-state index in [2.05, 4.69) is 4.98 Å². The van der Waals surface area contributed by atoms with Crippen LogP contribution >= 0.6 is 0 Å². The molecule has 1 saturated carbocycles. The Morgan fingerprint density at radius 2 is 2.08 bits per heavy atom. The van der Waals surface area contributed by atoms with Gasteiger partial charge in [-0.15, -0.1) is 0 Å². The molecular formula is C20H26BN3O2. The third-order valence-corrected chi connectivity index (χ3v) is 5.53. The fraction of sp³-hybridized carbons (Fsp3) is 0.600. The highest BCUT2D eigenvalue weighted by Crippen LogP contribution is 2.46. The fourth-order valence-corrected chi connectivity index (χ4v) is 4.49. The fourth-order valence-electron chi connectivity index (χ4n) is 4.49. The molecule has 1 amide bonds. The van der Waals surface area contributed by atoms with Crippen LogP contribution in [0.4, 0.5) is 4.79 Å². The van der Waals surface area contributed by atoms with Crippen LogP contribution in [0.5, 0.6) is 0 Å². The zero-order valence-corrected chi connectivity index (χ0v) is 15.8. The molecule has 3 atom stereocenters. The molecule has 0 spiro atoms. The highest BCUT2D eigenvalue weighted by molar-refractivity contribution is 6.33. The lowest BCUT2D eigenvalue weighted by atomic mass is 9.85. The molecule has 2 radical (unpaired) electrons. The summed E-state index contributed by atoms with van der Waals surface area (Å²) in [5.74, 6) is 1.37. The van der Waals surface area contributed by atoms with Crippen molar-refractivity contribution in [2.75, 3.05) is 0 Å². The van der Waals surface area contributed by atoms with Crippen molar-refractivity contribution >= 4 is 30.4 Å². The molecule has 1 N–H and O–H groups in total. The van der Waals surface area contributed by atoms with Crippen LogP contribution in [0.1, 0.15) is 64.7 Å². The van der Waals surface area contributed by atoms with Gasteiger partial charge in [-0.05, 0) is 58.1 Å². The molecule has 1 saturated heterocycles. The minimum Gasteiger partial charge on any atom is -0.444 e. The van der Waals surface area contributed by atoms with E-state index in [0.717, 1.165) is 29.7 Å². The first-order chi connectivity index (χ1) is 12.3. The Morgan fingerprint density at radius 1 is 1.31 bits per heavy atom.